The molecule has 0 spiro atoms. The number of pyridine rings is 1. The molecule has 1 aromatic carbocycles. The molecule has 0 radical (unpaired) electrons. The third-order valence-corrected chi connectivity index (χ3v) is 4.36. The fourth-order valence-electron chi connectivity index (χ4n) is 3.18. The molecule has 24 heavy (non-hydrogen) atoms. The lowest BCUT2D eigenvalue weighted by molar-refractivity contribution is 0.0685. The number of fused-ring (bicyclic) bond motifs is 1. The van der Waals surface area contributed by atoms with E-state index in [-0.39, 0.29) is 11.9 Å². The van der Waals surface area contributed by atoms with E-state index in [1.807, 2.05) is 35.2 Å². The van der Waals surface area contributed by atoms with Crippen LogP contribution >= 0.6 is 0 Å². The minimum atomic E-state index is -0.0166. The molecule has 3 heterocycles. The van der Waals surface area contributed by atoms with Gasteiger partial charge in [-0.15, -0.1) is 0 Å². The van der Waals surface area contributed by atoms with Crippen LogP contribution in [0.2, 0.25) is 0 Å². The molecular weight excluding hydrogens is 302 g/mol. The SMILES string of the molecule is O=C1c2cccnc2CN1C(CCn1cncn1)c1ccccc1. The fourth-order valence-corrected chi connectivity index (χ4v) is 3.18. The van der Waals surface area contributed by atoms with Crippen LogP contribution in [0.25, 0.3) is 0 Å². The largest absolute Gasteiger partial charge is 0.326 e. The fraction of sp³-hybridized carbons (Fsp3) is 0.222. The maximum absolute atomic E-state index is 12.8. The Bertz CT molecular complexity index is 832. The lowest BCUT2D eigenvalue weighted by Gasteiger charge is -2.28. The summed E-state index contributed by atoms with van der Waals surface area (Å²) in [5.74, 6) is 0.0468. The van der Waals surface area contributed by atoms with Gasteiger partial charge in [-0.1, -0.05) is 30.3 Å². The minimum absolute atomic E-state index is 0.0166. The van der Waals surface area contributed by atoms with Crippen molar-refractivity contribution in [3.05, 3.63) is 78.1 Å². The first-order chi connectivity index (χ1) is 11.8. The maximum atomic E-state index is 12.8. The highest BCUT2D eigenvalue weighted by Gasteiger charge is 2.33. The van der Waals surface area contributed by atoms with E-state index in [9.17, 15) is 4.79 Å². The molecule has 6 heteroatoms. The molecule has 1 atom stereocenters. The molecule has 0 saturated heterocycles. The minimum Gasteiger partial charge on any atom is -0.326 e. The molecule has 1 unspecified atom stereocenters. The van der Waals surface area contributed by atoms with E-state index >= 15 is 0 Å². The van der Waals surface area contributed by atoms with E-state index < -0.39 is 0 Å². The summed E-state index contributed by atoms with van der Waals surface area (Å²) in [4.78, 5) is 23.1. The number of carbonyl (C=O) groups excluding carboxylic acids is 1. The van der Waals surface area contributed by atoms with Gasteiger partial charge in [-0.25, -0.2) is 4.98 Å². The molecule has 0 bridgehead atoms. The van der Waals surface area contributed by atoms with Crippen LogP contribution in [0.15, 0.2) is 61.3 Å². The van der Waals surface area contributed by atoms with Crippen LogP contribution in [0.3, 0.4) is 0 Å². The Kier molecular flexibility index (Phi) is 3.78. The van der Waals surface area contributed by atoms with Gasteiger partial charge < -0.3 is 4.90 Å². The molecule has 1 amide bonds. The van der Waals surface area contributed by atoms with Gasteiger partial charge in [-0.2, -0.15) is 5.10 Å². The zero-order valence-corrected chi connectivity index (χ0v) is 13.1. The number of aromatic nitrogens is 4. The highest BCUT2D eigenvalue weighted by molar-refractivity contribution is 5.98. The van der Waals surface area contributed by atoms with Crippen LogP contribution in [0, 0.1) is 0 Å². The van der Waals surface area contributed by atoms with Crippen molar-refractivity contribution >= 4 is 5.91 Å². The number of hydrogen-bond donors (Lipinski definition) is 0. The molecule has 3 aromatic rings. The van der Waals surface area contributed by atoms with E-state index in [2.05, 4.69) is 27.2 Å². The number of aryl methyl sites for hydroxylation is 1. The van der Waals surface area contributed by atoms with Gasteiger partial charge in [0.25, 0.3) is 5.91 Å². The van der Waals surface area contributed by atoms with E-state index in [0.717, 1.165) is 17.7 Å². The van der Waals surface area contributed by atoms with Gasteiger partial charge in [0.2, 0.25) is 0 Å². The van der Waals surface area contributed by atoms with E-state index in [0.29, 0.717) is 18.7 Å². The van der Waals surface area contributed by atoms with Crippen molar-refractivity contribution in [3.8, 4) is 0 Å². The molecule has 0 fully saturated rings. The smallest absolute Gasteiger partial charge is 0.256 e. The summed E-state index contributed by atoms with van der Waals surface area (Å²) in [6, 6.07) is 13.8. The summed E-state index contributed by atoms with van der Waals surface area (Å²) in [6.07, 6.45) is 5.73. The Morgan fingerprint density at radius 2 is 2.00 bits per heavy atom. The number of benzene rings is 1. The normalized spacial score (nSPS) is 14.7. The first-order valence-corrected chi connectivity index (χ1v) is 7.95. The summed E-state index contributed by atoms with van der Waals surface area (Å²) < 4.78 is 1.79. The summed E-state index contributed by atoms with van der Waals surface area (Å²) in [7, 11) is 0. The molecule has 120 valence electrons. The van der Waals surface area contributed by atoms with E-state index in [1.165, 1.54) is 6.33 Å². The molecule has 1 aliphatic rings. The Labute approximate surface area is 139 Å². The second kappa shape index (κ2) is 6.23. The van der Waals surface area contributed by atoms with Gasteiger partial charge in [-0.05, 0) is 24.1 Å². The standard InChI is InChI=1S/C18H17N5O/c24-18-15-7-4-9-20-16(15)11-23(18)17(14-5-2-1-3-6-14)8-10-22-13-19-12-21-22/h1-7,9,12-13,17H,8,10-11H2. The second-order valence-corrected chi connectivity index (χ2v) is 5.80. The molecular formula is C18H17N5O. The van der Waals surface area contributed by atoms with Crippen molar-refractivity contribution < 1.29 is 4.79 Å². The van der Waals surface area contributed by atoms with Crippen LogP contribution in [0.4, 0.5) is 0 Å². The maximum Gasteiger partial charge on any atom is 0.256 e. The quantitative estimate of drug-likeness (QED) is 0.724. The Balaban J connectivity index is 1.62. The Hall–Kier alpha value is -3.02. The molecule has 2 aromatic heterocycles. The average Bonchev–Trinajstić information content (AvgIpc) is 3.25. The molecule has 0 N–H and O–H groups in total. The van der Waals surface area contributed by atoms with Crippen molar-refractivity contribution in [1.29, 1.82) is 0 Å². The highest BCUT2D eigenvalue weighted by Crippen LogP contribution is 2.32. The second-order valence-electron chi connectivity index (χ2n) is 5.80. The predicted octanol–water partition coefficient (Wildman–Crippen LogP) is 2.46. The van der Waals surface area contributed by atoms with E-state index in [1.54, 1.807) is 17.2 Å². The van der Waals surface area contributed by atoms with Crippen LogP contribution in [-0.4, -0.2) is 30.6 Å². The Morgan fingerprint density at radius 3 is 2.75 bits per heavy atom. The van der Waals surface area contributed by atoms with Gasteiger partial charge >= 0.3 is 0 Å². The van der Waals surface area contributed by atoms with Crippen molar-refractivity contribution in [2.45, 2.75) is 25.6 Å². The van der Waals surface area contributed by atoms with Crippen molar-refractivity contribution in [3.63, 3.8) is 0 Å². The topological polar surface area (TPSA) is 63.9 Å². The Morgan fingerprint density at radius 1 is 1.12 bits per heavy atom. The van der Waals surface area contributed by atoms with Gasteiger partial charge in [0.1, 0.15) is 12.7 Å². The van der Waals surface area contributed by atoms with Crippen LogP contribution in [0.1, 0.15) is 34.1 Å². The van der Waals surface area contributed by atoms with Crippen LogP contribution in [0.5, 0.6) is 0 Å². The summed E-state index contributed by atoms with van der Waals surface area (Å²) in [6.45, 7) is 1.25. The first-order valence-electron chi connectivity index (χ1n) is 7.95. The third kappa shape index (κ3) is 2.67. The van der Waals surface area contributed by atoms with E-state index in [4.69, 9.17) is 0 Å². The number of amides is 1. The van der Waals surface area contributed by atoms with Gasteiger partial charge in [0, 0.05) is 12.7 Å². The average molecular weight is 319 g/mol. The zero-order chi connectivity index (χ0) is 16.4. The number of carbonyl (C=O) groups is 1. The third-order valence-electron chi connectivity index (χ3n) is 4.36. The van der Waals surface area contributed by atoms with Gasteiger partial charge in [0.15, 0.2) is 0 Å². The number of nitrogens with zero attached hydrogens (tertiary/aromatic N) is 5. The number of hydrogen-bond acceptors (Lipinski definition) is 4. The molecule has 0 aliphatic carbocycles. The van der Waals surface area contributed by atoms with Crippen LogP contribution in [-0.2, 0) is 13.1 Å². The van der Waals surface area contributed by atoms with Gasteiger partial charge in [0.05, 0.1) is 23.8 Å². The monoisotopic (exact) mass is 319 g/mol. The van der Waals surface area contributed by atoms with Crippen molar-refractivity contribution in [1.82, 2.24) is 24.6 Å². The highest BCUT2D eigenvalue weighted by atomic mass is 16.2. The summed E-state index contributed by atoms with van der Waals surface area (Å²) in [5.41, 5.74) is 2.68. The van der Waals surface area contributed by atoms with Crippen molar-refractivity contribution in [2.24, 2.45) is 0 Å². The predicted molar refractivity (Wildman–Crippen MR) is 87.9 cm³/mol. The lowest BCUT2D eigenvalue weighted by atomic mass is 10.0. The lowest BCUT2D eigenvalue weighted by Crippen LogP contribution is -2.30. The molecule has 6 nitrogen and oxygen atoms in total. The zero-order valence-electron chi connectivity index (χ0n) is 13.1. The summed E-state index contributed by atoms with van der Waals surface area (Å²) in [5, 5.41) is 4.16. The number of rotatable bonds is 5. The molecule has 1 aliphatic heterocycles. The molecule has 0 saturated carbocycles. The molecule has 4 rings (SSSR count). The van der Waals surface area contributed by atoms with Crippen LogP contribution < -0.4 is 0 Å². The first kappa shape index (κ1) is 14.6. The van der Waals surface area contributed by atoms with Gasteiger partial charge in [-0.3, -0.25) is 14.5 Å². The van der Waals surface area contributed by atoms with Crippen molar-refractivity contribution in [2.75, 3.05) is 0 Å². The summed E-state index contributed by atoms with van der Waals surface area (Å²) >= 11 is 0.